The van der Waals surface area contributed by atoms with E-state index in [0.29, 0.717) is 11.9 Å². The van der Waals surface area contributed by atoms with Gasteiger partial charge in [0, 0.05) is 17.0 Å². The molecular weight excluding hydrogens is 260 g/mol. The number of hydrogen-bond donors (Lipinski definition) is 1. The molecule has 0 amide bonds. The molecule has 1 atom stereocenters. The smallest absolute Gasteiger partial charge is 0.216 e. The highest BCUT2D eigenvalue weighted by molar-refractivity contribution is 7.15. The van der Waals surface area contributed by atoms with Gasteiger partial charge >= 0.3 is 0 Å². The summed E-state index contributed by atoms with van der Waals surface area (Å²) in [7, 11) is 1.60. The highest BCUT2D eigenvalue weighted by Gasteiger charge is 2.15. The fraction of sp³-hybridized carbons (Fsp3) is 0.462. The zero-order valence-corrected chi connectivity index (χ0v) is 12.4. The van der Waals surface area contributed by atoms with E-state index in [4.69, 9.17) is 4.74 Å². The minimum atomic E-state index is 0.306. The molecule has 0 bridgehead atoms. The van der Waals surface area contributed by atoms with Gasteiger partial charge in [0.05, 0.1) is 12.8 Å². The van der Waals surface area contributed by atoms with E-state index < -0.39 is 0 Å². The molecule has 1 unspecified atom stereocenters. The normalized spacial score (nSPS) is 12.4. The predicted octanol–water partition coefficient (Wildman–Crippen LogP) is 2.59. The summed E-state index contributed by atoms with van der Waals surface area (Å²) in [5.74, 6) is 0.555. The van der Waals surface area contributed by atoms with Gasteiger partial charge in [-0.2, -0.15) is 0 Å². The number of ether oxygens (including phenoxy) is 1. The van der Waals surface area contributed by atoms with Gasteiger partial charge in [0.25, 0.3) is 0 Å². The summed E-state index contributed by atoms with van der Waals surface area (Å²) >= 11 is 1.66. The molecule has 0 aliphatic heterocycles. The highest BCUT2D eigenvalue weighted by Crippen LogP contribution is 2.31. The monoisotopic (exact) mass is 278 g/mol. The van der Waals surface area contributed by atoms with Crippen molar-refractivity contribution in [3.8, 4) is 16.6 Å². The lowest BCUT2D eigenvalue weighted by Crippen LogP contribution is -2.17. The molecule has 0 radical (unpaired) electrons. The maximum absolute atomic E-state index is 5.11. The first-order chi connectivity index (χ1) is 9.15. The lowest BCUT2D eigenvalue weighted by atomic mass is 10.2. The summed E-state index contributed by atoms with van der Waals surface area (Å²) in [6, 6.07) is 2.11. The first-order valence-electron chi connectivity index (χ1n) is 6.22. The van der Waals surface area contributed by atoms with Crippen LogP contribution in [0.1, 0.15) is 30.5 Å². The molecule has 2 aromatic heterocycles. The predicted molar refractivity (Wildman–Crippen MR) is 76.5 cm³/mol. The van der Waals surface area contributed by atoms with Gasteiger partial charge in [-0.3, -0.25) is 0 Å². The zero-order valence-electron chi connectivity index (χ0n) is 11.6. The first kappa shape index (κ1) is 13.9. The Bertz CT molecular complexity index is 555. The molecule has 19 heavy (non-hydrogen) atoms. The molecule has 0 spiro atoms. The Kier molecular flexibility index (Phi) is 4.44. The second-order valence-electron chi connectivity index (χ2n) is 4.19. The number of nitrogens with one attached hydrogen (secondary N) is 1. The van der Waals surface area contributed by atoms with Gasteiger partial charge in [0.2, 0.25) is 5.88 Å². The van der Waals surface area contributed by atoms with Crippen molar-refractivity contribution in [2.45, 2.75) is 26.8 Å². The molecule has 0 fully saturated rings. The second-order valence-corrected chi connectivity index (χ2v) is 5.22. The third-order valence-electron chi connectivity index (χ3n) is 2.81. The molecule has 0 aliphatic rings. The number of rotatable bonds is 5. The fourth-order valence-electron chi connectivity index (χ4n) is 1.89. The van der Waals surface area contributed by atoms with E-state index in [1.165, 1.54) is 11.2 Å². The molecule has 0 aliphatic carbocycles. The minimum Gasteiger partial charge on any atom is -0.481 e. The molecule has 102 valence electrons. The highest BCUT2D eigenvalue weighted by atomic mass is 32.1. The third-order valence-corrected chi connectivity index (χ3v) is 4.17. The van der Waals surface area contributed by atoms with E-state index in [-0.39, 0.29) is 0 Å². The van der Waals surface area contributed by atoms with Crippen LogP contribution in [0.5, 0.6) is 5.88 Å². The number of hydrogen-bond acceptors (Lipinski definition) is 6. The molecule has 1 N–H and O–H groups in total. The number of aryl methyl sites for hydroxylation is 1. The summed E-state index contributed by atoms with van der Waals surface area (Å²) in [4.78, 5) is 14.1. The third kappa shape index (κ3) is 3.08. The lowest BCUT2D eigenvalue weighted by molar-refractivity contribution is 0.397. The van der Waals surface area contributed by atoms with E-state index in [1.54, 1.807) is 24.5 Å². The van der Waals surface area contributed by atoms with Gasteiger partial charge in [0.1, 0.15) is 17.0 Å². The van der Waals surface area contributed by atoms with E-state index in [2.05, 4.69) is 34.1 Å². The van der Waals surface area contributed by atoms with Gasteiger partial charge in [-0.1, -0.05) is 6.92 Å². The van der Waals surface area contributed by atoms with Crippen molar-refractivity contribution in [3.63, 3.8) is 0 Å². The van der Waals surface area contributed by atoms with Crippen LogP contribution in [0.15, 0.2) is 12.4 Å². The van der Waals surface area contributed by atoms with E-state index in [1.807, 2.05) is 6.92 Å². The average Bonchev–Trinajstić information content (AvgIpc) is 2.81. The van der Waals surface area contributed by atoms with Crippen molar-refractivity contribution < 1.29 is 4.74 Å². The van der Waals surface area contributed by atoms with Gasteiger partial charge in [-0.05, 0) is 20.4 Å². The summed E-state index contributed by atoms with van der Waals surface area (Å²) in [5.41, 5.74) is 1.85. The van der Waals surface area contributed by atoms with Crippen LogP contribution in [-0.2, 0) is 0 Å². The first-order valence-corrected chi connectivity index (χ1v) is 7.04. The van der Waals surface area contributed by atoms with Crippen molar-refractivity contribution in [1.29, 1.82) is 0 Å². The van der Waals surface area contributed by atoms with Crippen molar-refractivity contribution in [1.82, 2.24) is 20.3 Å². The van der Waals surface area contributed by atoms with Crippen molar-refractivity contribution >= 4 is 11.3 Å². The van der Waals surface area contributed by atoms with E-state index in [9.17, 15) is 0 Å². The Balaban J connectivity index is 2.33. The molecule has 2 rings (SSSR count). The maximum Gasteiger partial charge on any atom is 0.216 e. The van der Waals surface area contributed by atoms with E-state index in [0.717, 1.165) is 22.9 Å². The van der Waals surface area contributed by atoms with Crippen molar-refractivity contribution in [2.24, 2.45) is 0 Å². The summed E-state index contributed by atoms with van der Waals surface area (Å²) < 4.78 is 5.11. The van der Waals surface area contributed by atoms with E-state index >= 15 is 0 Å². The largest absolute Gasteiger partial charge is 0.481 e. The van der Waals surface area contributed by atoms with Crippen molar-refractivity contribution in [2.75, 3.05) is 13.7 Å². The fourth-order valence-corrected chi connectivity index (χ4v) is 2.95. The standard InChI is InChI=1S/C13H18N4OS/c1-5-14-8(2)12-9(3)17-13(19-12)10-6-11(18-4)16-7-15-10/h6-8,14H,5H2,1-4H3. The Morgan fingerprint density at radius 2 is 2.21 bits per heavy atom. The Morgan fingerprint density at radius 3 is 2.89 bits per heavy atom. The van der Waals surface area contributed by atoms with Gasteiger partial charge in [0.15, 0.2) is 0 Å². The number of methoxy groups -OCH3 is 1. The summed E-state index contributed by atoms with van der Waals surface area (Å²) in [6.07, 6.45) is 1.50. The lowest BCUT2D eigenvalue weighted by Gasteiger charge is -2.09. The molecule has 0 saturated heterocycles. The van der Waals surface area contributed by atoms with Crippen LogP contribution in [0.25, 0.3) is 10.7 Å². The molecule has 0 saturated carbocycles. The quantitative estimate of drug-likeness (QED) is 0.911. The van der Waals surface area contributed by atoms with Crippen molar-refractivity contribution in [3.05, 3.63) is 23.0 Å². The molecule has 2 heterocycles. The SMILES string of the molecule is CCNC(C)c1sc(-c2cc(OC)ncn2)nc1C. The zero-order chi connectivity index (χ0) is 13.8. The molecule has 5 nitrogen and oxygen atoms in total. The van der Waals surface area contributed by atoms with Gasteiger partial charge < -0.3 is 10.1 Å². The van der Waals surface area contributed by atoms with Gasteiger partial charge in [-0.15, -0.1) is 11.3 Å². The van der Waals surface area contributed by atoms with Crippen LogP contribution in [0.4, 0.5) is 0 Å². The topological polar surface area (TPSA) is 59.9 Å². The molecule has 2 aromatic rings. The number of aromatic nitrogens is 3. The molecule has 0 aromatic carbocycles. The summed E-state index contributed by atoms with van der Waals surface area (Å²) in [5, 5.41) is 4.30. The Morgan fingerprint density at radius 1 is 1.42 bits per heavy atom. The van der Waals surface area contributed by atoms with Crippen LogP contribution in [0.3, 0.4) is 0 Å². The van der Waals surface area contributed by atoms with Crippen LogP contribution in [0, 0.1) is 6.92 Å². The van der Waals surface area contributed by atoms with Gasteiger partial charge in [-0.25, -0.2) is 15.0 Å². The van der Waals surface area contributed by atoms with Crippen LogP contribution in [0.2, 0.25) is 0 Å². The van der Waals surface area contributed by atoms with Crippen LogP contribution in [-0.4, -0.2) is 28.6 Å². The Labute approximate surface area is 117 Å². The van der Waals surface area contributed by atoms with Crippen LogP contribution < -0.4 is 10.1 Å². The number of thiazole rings is 1. The number of nitrogens with zero attached hydrogens (tertiary/aromatic N) is 3. The average molecular weight is 278 g/mol. The molecular formula is C13H18N4OS. The second kappa shape index (κ2) is 6.08. The maximum atomic E-state index is 5.11. The van der Waals surface area contributed by atoms with Crippen LogP contribution >= 0.6 is 11.3 Å². The minimum absolute atomic E-state index is 0.306. The Hall–Kier alpha value is -1.53. The summed E-state index contributed by atoms with van der Waals surface area (Å²) in [6.45, 7) is 7.22. The molecule has 6 heteroatoms.